The molecule has 2 aromatic rings. The highest BCUT2D eigenvalue weighted by Crippen LogP contribution is 2.28. The van der Waals surface area contributed by atoms with Crippen LogP contribution in [0.1, 0.15) is 5.56 Å². The summed E-state index contributed by atoms with van der Waals surface area (Å²) in [5.74, 6) is 1.33. The van der Waals surface area contributed by atoms with Gasteiger partial charge in [-0.25, -0.2) is 0 Å². The molecule has 1 aromatic heterocycles. The van der Waals surface area contributed by atoms with Crippen LogP contribution in [-0.2, 0) is 0 Å². The van der Waals surface area contributed by atoms with E-state index in [9.17, 15) is 10.1 Å². The van der Waals surface area contributed by atoms with E-state index in [1.807, 2.05) is 0 Å². The van der Waals surface area contributed by atoms with Crippen LogP contribution in [0.15, 0.2) is 24.3 Å². The second kappa shape index (κ2) is 5.39. The van der Waals surface area contributed by atoms with Gasteiger partial charge in [0.2, 0.25) is 11.8 Å². The van der Waals surface area contributed by atoms with Gasteiger partial charge < -0.3 is 15.8 Å². The van der Waals surface area contributed by atoms with Crippen LogP contribution in [0.5, 0.6) is 11.6 Å². The molecule has 8 heteroatoms. The molecule has 1 aromatic carbocycles. The van der Waals surface area contributed by atoms with Crippen molar-refractivity contribution in [1.82, 2.24) is 9.97 Å². The summed E-state index contributed by atoms with van der Waals surface area (Å²) >= 11 is 0. The van der Waals surface area contributed by atoms with Gasteiger partial charge in [0.25, 0.3) is 5.69 Å². The number of aryl methyl sites for hydroxylation is 1. The number of aromatic nitrogens is 2. The molecular weight excluding hydrogens is 262 g/mol. The smallest absolute Gasteiger partial charge is 0.269 e. The Morgan fingerprint density at radius 1 is 1.35 bits per heavy atom. The third-order valence-electron chi connectivity index (χ3n) is 2.56. The second-order valence-corrected chi connectivity index (χ2v) is 4.01. The number of nitrogens with two attached hydrogens (primary N) is 1. The molecule has 104 valence electrons. The van der Waals surface area contributed by atoms with Gasteiger partial charge in [-0.05, 0) is 18.6 Å². The number of hydrogen-bond acceptors (Lipinski definition) is 7. The topological polar surface area (TPSA) is 116 Å². The average molecular weight is 275 g/mol. The fourth-order valence-electron chi connectivity index (χ4n) is 1.60. The molecule has 2 rings (SSSR count). The first kappa shape index (κ1) is 13.5. The lowest BCUT2D eigenvalue weighted by molar-refractivity contribution is -0.384. The lowest BCUT2D eigenvalue weighted by Gasteiger charge is -2.09. The van der Waals surface area contributed by atoms with Crippen molar-refractivity contribution in [3.8, 4) is 11.6 Å². The zero-order valence-corrected chi connectivity index (χ0v) is 11.0. The van der Waals surface area contributed by atoms with E-state index < -0.39 is 4.92 Å². The Hall–Kier alpha value is -2.90. The number of nitro groups is 1. The first-order chi connectivity index (χ1) is 9.49. The van der Waals surface area contributed by atoms with Gasteiger partial charge in [-0.2, -0.15) is 9.97 Å². The third-order valence-corrected chi connectivity index (χ3v) is 2.56. The highest BCUT2D eigenvalue weighted by Gasteiger charge is 2.11. The third kappa shape index (κ3) is 2.91. The van der Waals surface area contributed by atoms with Crippen LogP contribution >= 0.6 is 0 Å². The molecule has 0 unspecified atom stereocenters. The van der Waals surface area contributed by atoms with E-state index in [2.05, 4.69) is 15.3 Å². The summed E-state index contributed by atoms with van der Waals surface area (Å²) in [6.45, 7) is 1.71. The number of benzene rings is 1. The molecule has 0 amide bonds. The molecule has 1 heterocycles. The van der Waals surface area contributed by atoms with Crippen LogP contribution in [0.25, 0.3) is 0 Å². The Balaban J connectivity index is 2.30. The normalized spacial score (nSPS) is 10.1. The summed E-state index contributed by atoms with van der Waals surface area (Å²) in [6.07, 6.45) is 0. The number of rotatable bonds is 4. The number of nitro benzene ring substituents is 1. The van der Waals surface area contributed by atoms with Crippen molar-refractivity contribution >= 4 is 17.5 Å². The van der Waals surface area contributed by atoms with Crippen molar-refractivity contribution in [3.05, 3.63) is 39.9 Å². The Bertz CT molecular complexity index is 660. The molecule has 0 saturated carbocycles. The molecule has 0 aliphatic rings. The molecular formula is C12H13N5O3. The van der Waals surface area contributed by atoms with E-state index in [-0.39, 0.29) is 17.5 Å². The molecule has 0 saturated heterocycles. The van der Waals surface area contributed by atoms with Crippen molar-refractivity contribution in [1.29, 1.82) is 0 Å². The summed E-state index contributed by atoms with van der Waals surface area (Å²) in [5.41, 5.74) is 6.19. The summed E-state index contributed by atoms with van der Waals surface area (Å²) in [7, 11) is 1.70. The van der Waals surface area contributed by atoms with Gasteiger partial charge in [-0.15, -0.1) is 0 Å². The van der Waals surface area contributed by atoms with Crippen LogP contribution in [0.2, 0.25) is 0 Å². The van der Waals surface area contributed by atoms with Crippen LogP contribution in [0.3, 0.4) is 0 Å². The van der Waals surface area contributed by atoms with E-state index in [4.69, 9.17) is 10.5 Å². The lowest BCUT2D eigenvalue weighted by atomic mass is 10.2. The predicted octanol–water partition coefficient (Wildman–Crippen LogP) is 2.11. The van der Waals surface area contributed by atoms with Gasteiger partial charge >= 0.3 is 0 Å². The van der Waals surface area contributed by atoms with Gasteiger partial charge in [-0.3, -0.25) is 10.1 Å². The Morgan fingerprint density at radius 2 is 2.10 bits per heavy atom. The quantitative estimate of drug-likeness (QED) is 0.648. The second-order valence-electron chi connectivity index (χ2n) is 4.01. The number of anilines is 2. The number of ether oxygens (including phenoxy) is 1. The first-order valence-corrected chi connectivity index (χ1v) is 5.75. The maximum Gasteiger partial charge on any atom is 0.269 e. The Kier molecular flexibility index (Phi) is 3.65. The fraction of sp³-hybridized carbons (Fsp3) is 0.167. The monoisotopic (exact) mass is 275 g/mol. The molecule has 8 nitrogen and oxygen atoms in total. The number of non-ortho nitro benzene ring substituents is 1. The van der Waals surface area contributed by atoms with Gasteiger partial charge in [0.1, 0.15) is 11.6 Å². The lowest BCUT2D eigenvalue weighted by Crippen LogP contribution is -2.01. The van der Waals surface area contributed by atoms with E-state index in [0.717, 1.165) is 0 Å². The SMILES string of the molecule is CNc1cc(Oc2ccc([N+](=O)[O-])cc2C)nc(N)n1. The molecule has 0 bridgehead atoms. The van der Waals surface area contributed by atoms with E-state index in [1.54, 1.807) is 20.0 Å². The van der Waals surface area contributed by atoms with Crippen molar-refractivity contribution in [2.75, 3.05) is 18.1 Å². The fourth-order valence-corrected chi connectivity index (χ4v) is 1.60. The highest BCUT2D eigenvalue weighted by molar-refractivity contribution is 5.47. The van der Waals surface area contributed by atoms with Gasteiger partial charge in [0, 0.05) is 25.2 Å². The van der Waals surface area contributed by atoms with Crippen molar-refractivity contribution < 1.29 is 9.66 Å². The minimum Gasteiger partial charge on any atom is -0.438 e. The van der Waals surface area contributed by atoms with Crippen LogP contribution in [-0.4, -0.2) is 21.9 Å². The number of nitrogens with zero attached hydrogens (tertiary/aromatic N) is 3. The summed E-state index contributed by atoms with van der Waals surface area (Å²) in [6, 6.07) is 5.90. The first-order valence-electron chi connectivity index (χ1n) is 5.75. The van der Waals surface area contributed by atoms with Gasteiger partial charge in [0.15, 0.2) is 0 Å². The van der Waals surface area contributed by atoms with E-state index in [0.29, 0.717) is 17.1 Å². The summed E-state index contributed by atoms with van der Waals surface area (Å²) < 4.78 is 5.57. The molecule has 0 aliphatic carbocycles. The molecule has 20 heavy (non-hydrogen) atoms. The summed E-state index contributed by atoms with van der Waals surface area (Å²) in [5, 5.41) is 13.5. The standard InChI is InChI=1S/C12H13N5O3/c1-7-5-8(17(18)19)3-4-9(7)20-11-6-10(14-2)15-12(13)16-11/h3-6H,1-2H3,(H3,13,14,15,16). The number of nitrogens with one attached hydrogen (secondary N) is 1. The molecule has 0 radical (unpaired) electrons. The maximum absolute atomic E-state index is 10.7. The largest absolute Gasteiger partial charge is 0.438 e. The zero-order valence-electron chi connectivity index (χ0n) is 11.0. The molecule has 3 N–H and O–H groups in total. The van der Waals surface area contributed by atoms with Crippen molar-refractivity contribution in [3.63, 3.8) is 0 Å². The zero-order chi connectivity index (χ0) is 14.7. The van der Waals surface area contributed by atoms with Crippen molar-refractivity contribution in [2.24, 2.45) is 0 Å². The minimum absolute atomic E-state index is 0.00738. The Morgan fingerprint density at radius 3 is 2.70 bits per heavy atom. The number of hydrogen-bond donors (Lipinski definition) is 2. The van der Waals surface area contributed by atoms with Gasteiger partial charge in [-0.1, -0.05) is 0 Å². The molecule has 0 aliphatic heterocycles. The van der Waals surface area contributed by atoms with E-state index in [1.165, 1.54) is 18.2 Å². The average Bonchev–Trinajstić information content (AvgIpc) is 2.40. The minimum atomic E-state index is -0.460. The van der Waals surface area contributed by atoms with Crippen LogP contribution in [0, 0.1) is 17.0 Å². The van der Waals surface area contributed by atoms with Crippen LogP contribution < -0.4 is 15.8 Å². The summed E-state index contributed by atoms with van der Waals surface area (Å²) in [4.78, 5) is 18.1. The number of nitrogen functional groups attached to an aromatic ring is 1. The maximum atomic E-state index is 10.7. The molecule has 0 fully saturated rings. The molecule has 0 atom stereocenters. The molecule has 0 spiro atoms. The predicted molar refractivity (Wildman–Crippen MR) is 73.9 cm³/mol. The Labute approximate surface area is 114 Å². The van der Waals surface area contributed by atoms with Gasteiger partial charge in [0.05, 0.1) is 4.92 Å². The van der Waals surface area contributed by atoms with E-state index >= 15 is 0 Å². The van der Waals surface area contributed by atoms with Crippen molar-refractivity contribution in [2.45, 2.75) is 6.92 Å². The van der Waals surface area contributed by atoms with Crippen LogP contribution in [0.4, 0.5) is 17.5 Å². The highest BCUT2D eigenvalue weighted by atomic mass is 16.6.